The molecular weight excluding hydrogens is 321 g/mol. The molecule has 4 nitrogen and oxygen atoms in total. The summed E-state index contributed by atoms with van der Waals surface area (Å²) in [6.45, 7) is 6.63. The molecule has 0 saturated carbocycles. The van der Waals surface area contributed by atoms with E-state index in [0.717, 1.165) is 5.56 Å². The van der Waals surface area contributed by atoms with Crippen molar-refractivity contribution in [2.75, 3.05) is 13.2 Å². The van der Waals surface area contributed by atoms with Gasteiger partial charge in [-0.05, 0) is 26.8 Å². The van der Waals surface area contributed by atoms with Gasteiger partial charge in [0.15, 0.2) is 0 Å². The fourth-order valence-corrected chi connectivity index (χ4v) is 2.80. The minimum absolute atomic E-state index is 0.298. The van der Waals surface area contributed by atoms with Gasteiger partial charge in [0.2, 0.25) is 0 Å². The van der Waals surface area contributed by atoms with Gasteiger partial charge in [-0.2, -0.15) is 0 Å². The number of para-hydroxylation sites is 1. The molecule has 2 aromatic carbocycles. The lowest BCUT2D eigenvalue weighted by Crippen LogP contribution is -2.37. The second-order valence-corrected chi connectivity index (χ2v) is 7.02. The van der Waals surface area contributed by atoms with Gasteiger partial charge in [0.1, 0.15) is 23.8 Å². The number of nitrogens with zero attached hydrogens (tertiary/aromatic N) is 1. The van der Waals surface area contributed by atoms with Crippen LogP contribution in [0.4, 0.5) is 9.18 Å². The molecule has 0 radical (unpaired) electrons. The number of hydrogen-bond donors (Lipinski definition) is 0. The third-order valence-electron chi connectivity index (χ3n) is 3.88. The lowest BCUT2D eigenvalue weighted by Gasteiger charge is -2.26. The minimum atomic E-state index is -0.553. The van der Waals surface area contributed by atoms with Crippen LogP contribution in [0.2, 0.25) is 0 Å². The maximum atomic E-state index is 14.2. The Hall–Kier alpha value is -2.56. The smallest absolute Gasteiger partial charge is 0.410 e. The molecule has 25 heavy (non-hydrogen) atoms. The van der Waals surface area contributed by atoms with Gasteiger partial charge in [0, 0.05) is 16.7 Å². The molecule has 0 fully saturated rings. The van der Waals surface area contributed by atoms with E-state index in [2.05, 4.69) is 0 Å². The molecule has 0 atom stereocenters. The number of benzene rings is 2. The SMILES string of the molecule is CC(C)(C)OC(=O)N1CCOc2c(cccc2-c2ccccc2F)C1. The summed E-state index contributed by atoms with van der Waals surface area (Å²) < 4.78 is 25.5. The molecule has 3 rings (SSSR count). The number of hydrogen-bond acceptors (Lipinski definition) is 3. The molecule has 1 aliphatic heterocycles. The van der Waals surface area contributed by atoms with E-state index >= 15 is 0 Å². The molecule has 1 heterocycles. The molecule has 0 aromatic heterocycles. The summed E-state index contributed by atoms with van der Waals surface area (Å²) in [4.78, 5) is 14.0. The van der Waals surface area contributed by atoms with Gasteiger partial charge in [-0.1, -0.05) is 36.4 Å². The van der Waals surface area contributed by atoms with Crippen LogP contribution >= 0.6 is 0 Å². The second-order valence-electron chi connectivity index (χ2n) is 7.02. The minimum Gasteiger partial charge on any atom is -0.491 e. The second kappa shape index (κ2) is 6.75. The molecule has 2 aromatic rings. The van der Waals surface area contributed by atoms with Crippen molar-refractivity contribution in [3.8, 4) is 16.9 Å². The van der Waals surface area contributed by atoms with Crippen LogP contribution in [0, 0.1) is 5.82 Å². The first-order chi connectivity index (χ1) is 11.8. The van der Waals surface area contributed by atoms with Crippen LogP contribution in [0.15, 0.2) is 42.5 Å². The van der Waals surface area contributed by atoms with Crippen LogP contribution in [0.5, 0.6) is 5.75 Å². The van der Waals surface area contributed by atoms with Crippen LogP contribution < -0.4 is 4.74 Å². The Balaban J connectivity index is 1.92. The molecule has 132 valence electrons. The van der Waals surface area contributed by atoms with Crippen LogP contribution in [0.3, 0.4) is 0 Å². The van der Waals surface area contributed by atoms with Gasteiger partial charge >= 0.3 is 6.09 Å². The third kappa shape index (κ3) is 3.92. The summed E-state index contributed by atoms with van der Waals surface area (Å²) >= 11 is 0. The third-order valence-corrected chi connectivity index (χ3v) is 3.88. The number of ether oxygens (including phenoxy) is 2. The average Bonchev–Trinajstić information content (AvgIpc) is 2.76. The predicted octanol–water partition coefficient (Wildman–Crippen LogP) is 4.62. The summed E-state index contributed by atoms with van der Waals surface area (Å²) in [7, 11) is 0. The van der Waals surface area contributed by atoms with Crippen LogP contribution in [-0.2, 0) is 11.3 Å². The molecule has 0 N–H and O–H groups in total. The van der Waals surface area contributed by atoms with Crippen molar-refractivity contribution >= 4 is 6.09 Å². The summed E-state index contributed by atoms with van der Waals surface area (Å²) in [5.74, 6) is 0.325. The van der Waals surface area contributed by atoms with Crippen molar-refractivity contribution in [2.45, 2.75) is 32.9 Å². The molecule has 0 unspecified atom stereocenters. The van der Waals surface area contributed by atoms with Crippen molar-refractivity contribution in [3.63, 3.8) is 0 Å². The highest BCUT2D eigenvalue weighted by Gasteiger charge is 2.26. The number of carbonyl (C=O) groups is 1. The fourth-order valence-electron chi connectivity index (χ4n) is 2.80. The average molecular weight is 343 g/mol. The zero-order valence-corrected chi connectivity index (χ0v) is 14.7. The van der Waals surface area contributed by atoms with E-state index in [9.17, 15) is 9.18 Å². The molecule has 1 aliphatic rings. The standard InChI is InChI=1S/C20H22FNO3/c1-20(2,3)25-19(23)22-11-12-24-18-14(13-22)7-6-9-16(18)15-8-4-5-10-17(15)21/h4-10H,11-13H2,1-3H3. The molecule has 1 amide bonds. The van der Waals surface area contributed by atoms with Gasteiger partial charge in [-0.3, -0.25) is 0 Å². The van der Waals surface area contributed by atoms with Crippen LogP contribution in [-0.4, -0.2) is 29.7 Å². The monoisotopic (exact) mass is 343 g/mol. The van der Waals surface area contributed by atoms with E-state index in [1.807, 2.05) is 39.0 Å². The van der Waals surface area contributed by atoms with E-state index in [1.165, 1.54) is 6.07 Å². The van der Waals surface area contributed by atoms with Crippen molar-refractivity contribution in [1.82, 2.24) is 4.90 Å². The van der Waals surface area contributed by atoms with Gasteiger partial charge in [-0.25, -0.2) is 9.18 Å². The lowest BCUT2D eigenvalue weighted by molar-refractivity contribution is 0.0225. The molecule has 0 aliphatic carbocycles. The molecule has 0 bridgehead atoms. The van der Waals surface area contributed by atoms with Crippen molar-refractivity contribution in [3.05, 3.63) is 53.8 Å². The maximum absolute atomic E-state index is 14.2. The summed E-state index contributed by atoms with van der Waals surface area (Å²) in [6, 6.07) is 12.2. The zero-order valence-electron chi connectivity index (χ0n) is 14.7. The number of rotatable bonds is 1. The number of carbonyl (C=O) groups excluding carboxylic acids is 1. The van der Waals surface area contributed by atoms with E-state index in [1.54, 1.807) is 23.1 Å². The Kier molecular flexibility index (Phi) is 4.66. The Bertz CT molecular complexity index is 783. The first kappa shape index (κ1) is 17.3. The van der Waals surface area contributed by atoms with E-state index in [4.69, 9.17) is 9.47 Å². The van der Waals surface area contributed by atoms with Crippen molar-refractivity contribution in [2.24, 2.45) is 0 Å². The first-order valence-electron chi connectivity index (χ1n) is 8.33. The molecule has 0 spiro atoms. The van der Waals surface area contributed by atoms with E-state index < -0.39 is 5.60 Å². The molecular formula is C20H22FNO3. The predicted molar refractivity (Wildman–Crippen MR) is 94.0 cm³/mol. The number of amides is 1. The number of fused-ring (bicyclic) bond motifs is 1. The summed E-state index contributed by atoms with van der Waals surface area (Å²) in [5, 5.41) is 0. The highest BCUT2D eigenvalue weighted by molar-refractivity contribution is 5.74. The largest absolute Gasteiger partial charge is 0.491 e. The lowest BCUT2D eigenvalue weighted by atomic mass is 10.0. The normalized spacial score (nSPS) is 14.3. The maximum Gasteiger partial charge on any atom is 0.410 e. The first-order valence-corrected chi connectivity index (χ1v) is 8.33. The Labute approximate surface area is 147 Å². The Morgan fingerprint density at radius 3 is 2.56 bits per heavy atom. The van der Waals surface area contributed by atoms with Gasteiger partial charge in [0.25, 0.3) is 0 Å². The highest BCUT2D eigenvalue weighted by Crippen LogP contribution is 2.36. The molecule has 5 heteroatoms. The van der Waals surface area contributed by atoms with E-state index in [0.29, 0.717) is 36.6 Å². The summed E-state index contributed by atoms with van der Waals surface area (Å²) in [5.41, 5.74) is 1.47. The molecule has 0 saturated heterocycles. The Morgan fingerprint density at radius 1 is 1.12 bits per heavy atom. The summed E-state index contributed by atoms with van der Waals surface area (Å²) in [6.07, 6.45) is -0.375. The van der Waals surface area contributed by atoms with Gasteiger partial charge < -0.3 is 14.4 Å². The van der Waals surface area contributed by atoms with Crippen molar-refractivity contribution < 1.29 is 18.7 Å². The fraction of sp³-hybridized carbons (Fsp3) is 0.350. The van der Waals surface area contributed by atoms with Crippen molar-refractivity contribution in [1.29, 1.82) is 0 Å². The van der Waals surface area contributed by atoms with Crippen LogP contribution in [0.1, 0.15) is 26.3 Å². The quantitative estimate of drug-likeness (QED) is 0.758. The van der Waals surface area contributed by atoms with Gasteiger partial charge in [0.05, 0.1) is 13.1 Å². The van der Waals surface area contributed by atoms with Gasteiger partial charge in [-0.15, -0.1) is 0 Å². The Morgan fingerprint density at radius 2 is 1.84 bits per heavy atom. The topological polar surface area (TPSA) is 38.8 Å². The zero-order chi connectivity index (χ0) is 18.0. The van der Waals surface area contributed by atoms with E-state index in [-0.39, 0.29) is 11.9 Å². The van der Waals surface area contributed by atoms with Crippen LogP contribution in [0.25, 0.3) is 11.1 Å². The number of halogens is 1. The highest BCUT2D eigenvalue weighted by atomic mass is 19.1.